The van der Waals surface area contributed by atoms with Gasteiger partial charge in [0.25, 0.3) is 0 Å². The predicted octanol–water partition coefficient (Wildman–Crippen LogP) is 9.47. The Hall–Kier alpha value is -4.15. The Morgan fingerprint density at radius 1 is 0.744 bits per heavy atom. The van der Waals surface area contributed by atoms with Crippen molar-refractivity contribution in [1.82, 2.24) is 0 Å². The van der Waals surface area contributed by atoms with Crippen LogP contribution in [-0.2, 0) is 15.6 Å². The molecule has 0 saturated carbocycles. The summed E-state index contributed by atoms with van der Waals surface area (Å²) in [6.07, 6.45) is -1.01. The standard InChI is InChI=1S/C33H25F7O3/c1-2-3-4-19-17-41-32(42-18-19)22-14-29(37)31(30(38)15-22)33(39,40)43-24-10-12-26(28(36)16-24)21-7-11-25(27(35)13-21)20-5-8-23(34)9-6-20/h3-16,19,32H,2,17-18H2,1H3. The first-order valence-electron chi connectivity index (χ1n) is 13.4. The first kappa shape index (κ1) is 30.3. The topological polar surface area (TPSA) is 27.7 Å². The minimum atomic E-state index is -4.52. The van der Waals surface area contributed by atoms with Gasteiger partial charge in [0.1, 0.15) is 40.4 Å². The molecule has 0 aliphatic carbocycles. The highest BCUT2D eigenvalue weighted by Gasteiger charge is 2.42. The summed E-state index contributed by atoms with van der Waals surface area (Å²) in [5, 5.41) is 0. The lowest BCUT2D eigenvalue weighted by Gasteiger charge is -2.28. The molecule has 5 rings (SSSR count). The van der Waals surface area contributed by atoms with Gasteiger partial charge in [0, 0.05) is 28.7 Å². The van der Waals surface area contributed by atoms with E-state index in [2.05, 4.69) is 4.74 Å². The van der Waals surface area contributed by atoms with Crippen LogP contribution >= 0.6 is 0 Å². The van der Waals surface area contributed by atoms with Crippen molar-refractivity contribution in [3.63, 3.8) is 0 Å². The lowest BCUT2D eigenvalue weighted by molar-refractivity contribution is -0.198. The van der Waals surface area contributed by atoms with Gasteiger partial charge in [-0.3, -0.25) is 0 Å². The third-order valence-corrected chi connectivity index (χ3v) is 6.82. The Balaban J connectivity index is 1.32. The first-order valence-corrected chi connectivity index (χ1v) is 13.4. The van der Waals surface area contributed by atoms with Crippen molar-refractivity contribution in [2.24, 2.45) is 5.92 Å². The number of alkyl halides is 2. The maximum absolute atomic E-state index is 15.0. The zero-order valence-corrected chi connectivity index (χ0v) is 22.7. The van der Waals surface area contributed by atoms with Crippen LogP contribution in [0.15, 0.2) is 84.9 Å². The van der Waals surface area contributed by atoms with Crippen LogP contribution in [0.25, 0.3) is 22.3 Å². The van der Waals surface area contributed by atoms with Crippen molar-refractivity contribution >= 4 is 0 Å². The summed E-state index contributed by atoms with van der Waals surface area (Å²) in [6, 6.07) is 12.9. The molecule has 0 bridgehead atoms. The highest BCUT2D eigenvalue weighted by molar-refractivity contribution is 5.71. The largest absolute Gasteiger partial charge is 0.432 e. The maximum atomic E-state index is 15.0. The molecule has 0 aromatic heterocycles. The molecule has 0 spiro atoms. The van der Waals surface area contributed by atoms with Crippen LogP contribution in [0.2, 0.25) is 0 Å². The van der Waals surface area contributed by atoms with E-state index in [4.69, 9.17) is 9.47 Å². The zero-order chi connectivity index (χ0) is 30.7. The predicted molar refractivity (Wildman–Crippen MR) is 146 cm³/mol. The molecule has 0 atom stereocenters. The molecule has 224 valence electrons. The van der Waals surface area contributed by atoms with E-state index in [-0.39, 0.29) is 41.4 Å². The van der Waals surface area contributed by atoms with Gasteiger partial charge in [-0.05, 0) is 60.0 Å². The highest BCUT2D eigenvalue weighted by atomic mass is 19.3. The van der Waals surface area contributed by atoms with Crippen molar-refractivity contribution in [3.8, 4) is 28.0 Å². The van der Waals surface area contributed by atoms with Crippen molar-refractivity contribution in [2.75, 3.05) is 13.2 Å². The SMILES string of the molecule is CCC=CC1COC(c2cc(F)c(C(F)(F)Oc3ccc(-c4ccc(-c5ccc(F)cc5)c(F)c4)c(F)c3)c(F)c2)OC1. The Bertz CT molecular complexity index is 1610. The Kier molecular flexibility index (Phi) is 8.89. The number of rotatable bonds is 8. The summed E-state index contributed by atoms with van der Waals surface area (Å²) in [5.41, 5.74) is -1.29. The van der Waals surface area contributed by atoms with Crippen LogP contribution in [0.5, 0.6) is 5.75 Å². The van der Waals surface area contributed by atoms with Crippen LogP contribution in [0.1, 0.15) is 30.8 Å². The van der Waals surface area contributed by atoms with Crippen LogP contribution in [0, 0.1) is 35.0 Å². The molecule has 0 radical (unpaired) electrons. The van der Waals surface area contributed by atoms with Crippen LogP contribution in [-0.4, -0.2) is 13.2 Å². The van der Waals surface area contributed by atoms with Crippen LogP contribution in [0.4, 0.5) is 30.7 Å². The van der Waals surface area contributed by atoms with Crippen molar-refractivity contribution in [3.05, 3.63) is 125 Å². The van der Waals surface area contributed by atoms with Gasteiger partial charge in [-0.25, -0.2) is 22.0 Å². The Morgan fingerprint density at radius 2 is 1.33 bits per heavy atom. The van der Waals surface area contributed by atoms with Crippen LogP contribution in [0.3, 0.4) is 0 Å². The van der Waals surface area contributed by atoms with Gasteiger partial charge in [0.2, 0.25) is 0 Å². The zero-order valence-electron chi connectivity index (χ0n) is 22.7. The fourth-order valence-electron chi connectivity index (χ4n) is 4.70. The molecule has 43 heavy (non-hydrogen) atoms. The second kappa shape index (κ2) is 12.6. The fraction of sp³-hybridized carbons (Fsp3) is 0.212. The van der Waals surface area contributed by atoms with Crippen LogP contribution < -0.4 is 4.74 Å². The Labute approximate surface area is 243 Å². The summed E-state index contributed by atoms with van der Waals surface area (Å²) in [5.74, 6) is -6.23. The van der Waals surface area contributed by atoms with Crippen molar-refractivity contribution in [1.29, 1.82) is 0 Å². The lowest BCUT2D eigenvalue weighted by Crippen LogP contribution is -2.28. The number of allylic oxidation sites excluding steroid dienone is 1. The average molecular weight is 603 g/mol. The summed E-state index contributed by atoms with van der Waals surface area (Å²) < 4.78 is 118. The van der Waals surface area contributed by atoms with Crippen molar-refractivity contribution < 1.29 is 44.9 Å². The van der Waals surface area contributed by atoms with E-state index in [9.17, 15) is 30.7 Å². The number of halogens is 7. The van der Waals surface area contributed by atoms with E-state index >= 15 is 0 Å². The quantitative estimate of drug-likeness (QED) is 0.149. The van der Waals surface area contributed by atoms with E-state index in [1.165, 1.54) is 36.4 Å². The molecule has 4 aromatic rings. The number of hydrogen-bond donors (Lipinski definition) is 0. The molecule has 0 unspecified atom stereocenters. The summed E-state index contributed by atoms with van der Waals surface area (Å²) in [6.45, 7) is 2.40. The minimum Gasteiger partial charge on any atom is -0.429 e. The molecule has 1 heterocycles. The molecule has 1 fully saturated rings. The molecule has 10 heteroatoms. The number of benzene rings is 4. The first-order chi connectivity index (χ1) is 20.6. The van der Waals surface area contributed by atoms with Gasteiger partial charge in [-0.2, -0.15) is 8.78 Å². The molecule has 4 aromatic carbocycles. The monoisotopic (exact) mass is 602 g/mol. The van der Waals surface area contributed by atoms with Gasteiger partial charge in [-0.1, -0.05) is 43.3 Å². The van der Waals surface area contributed by atoms with E-state index in [0.717, 1.165) is 24.6 Å². The molecule has 1 aliphatic heterocycles. The molecule has 1 saturated heterocycles. The van der Waals surface area contributed by atoms with Gasteiger partial charge in [-0.15, -0.1) is 0 Å². The minimum absolute atomic E-state index is 0.0468. The molecule has 0 amide bonds. The van der Waals surface area contributed by atoms with Gasteiger partial charge < -0.3 is 14.2 Å². The van der Waals surface area contributed by atoms with E-state index in [1.807, 2.05) is 19.1 Å². The summed E-state index contributed by atoms with van der Waals surface area (Å²) >= 11 is 0. The fourth-order valence-corrected chi connectivity index (χ4v) is 4.70. The molecule has 0 N–H and O–H groups in total. The average Bonchev–Trinajstić information content (AvgIpc) is 2.96. The molecule has 1 aliphatic rings. The summed E-state index contributed by atoms with van der Waals surface area (Å²) in [7, 11) is 0. The number of hydrogen-bond acceptors (Lipinski definition) is 3. The van der Waals surface area contributed by atoms with E-state index < -0.39 is 52.8 Å². The third-order valence-electron chi connectivity index (χ3n) is 6.82. The second-order valence-corrected chi connectivity index (χ2v) is 9.92. The van der Waals surface area contributed by atoms with E-state index in [1.54, 1.807) is 0 Å². The van der Waals surface area contributed by atoms with E-state index in [0.29, 0.717) is 23.8 Å². The smallest absolute Gasteiger partial charge is 0.429 e. The van der Waals surface area contributed by atoms with Crippen molar-refractivity contribution in [2.45, 2.75) is 25.7 Å². The molecule has 3 nitrogen and oxygen atoms in total. The third kappa shape index (κ3) is 6.76. The van der Waals surface area contributed by atoms with Gasteiger partial charge >= 0.3 is 6.11 Å². The summed E-state index contributed by atoms with van der Waals surface area (Å²) in [4.78, 5) is 0. The lowest BCUT2D eigenvalue weighted by atomic mass is 9.99. The molecular weight excluding hydrogens is 577 g/mol. The van der Waals surface area contributed by atoms with Gasteiger partial charge in [0.05, 0.1) is 13.2 Å². The second-order valence-electron chi connectivity index (χ2n) is 9.92. The van der Waals surface area contributed by atoms with Gasteiger partial charge in [0.15, 0.2) is 6.29 Å². The number of ether oxygens (including phenoxy) is 3. The molecular formula is C33H25F7O3. The highest BCUT2D eigenvalue weighted by Crippen LogP contribution is 2.39. The Morgan fingerprint density at radius 3 is 1.93 bits per heavy atom. The maximum Gasteiger partial charge on any atom is 0.432 e. The normalized spacial score (nSPS) is 17.4.